The van der Waals surface area contributed by atoms with Gasteiger partial charge < -0.3 is 10.2 Å². The molecule has 3 atom stereocenters. The van der Waals surface area contributed by atoms with Crippen molar-refractivity contribution in [2.45, 2.75) is 38.3 Å². The summed E-state index contributed by atoms with van der Waals surface area (Å²) in [6.07, 6.45) is 9.48. The fourth-order valence-electron chi connectivity index (χ4n) is 4.77. The highest BCUT2D eigenvalue weighted by atomic mass is 16.2. The van der Waals surface area contributed by atoms with Crippen LogP contribution in [0.2, 0.25) is 0 Å². The molecule has 3 fully saturated rings. The molecule has 126 valence electrons. The molecule has 1 saturated heterocycles. The lowest BCUT2D eigenvalue weighted by Gasteiger charge is -2.40. The Kier molecular flexibility index (Phi) is 4.01. The summed E-state index contributed by atoms with van der Waals surface area (Å²) in [6, 6.07) is 0.857. The molecular weight excluding hydrogens is 290 g/mol. The summed E-state index contributed by atoms with van der Waals surface area (Å²) >= 11 is 0. The number of urea groups is 1. The predicted molar refractivity (Wildman–Crippen MR) is 87.8 cm³/mol. The second kappa shape index (κ2) is 6.15. The Hall–Kier alpha value is -1.56. The monoisotopic (exact) mass is 317 g/mol. The van der Waals surface area contributed by atoms with Gasteiger partial charge in [-0.05, 0) is 31.1 Å². The van der Waals surface area contributed by atoms with Crippen molar-refractivity contribution in [3.8, 4) is 0 Å². The number of carbonyl (C=O) groups excluding carboxylic acids is 1. The first kappa shape index (κ1) is 15.0. The van der Waals surface area contributed by atoms with Gasteiger partial charge in [0.1, 0.15) is 0 Å². The predicted octanol–water partition coefficient (Wildman–Crippen LogP) is 1.44. The molecule has 6 nitrogen and oxygen atoms in total. The largest absolute Gasteiger partial charge is 0.334 e. The van der Waals surface area contributed by atoms with E-state index in [-0.39, 0.29) is 6.03 Å². The molecular formula is C17H27N5O. The van der Waals surface area contributed by atoms with E-state index in [0.29, 0.717) is 6.54 Å². The molecule has 2 amide bonds. The van der Waals surface area contributed by atoms with E-state index in [1.54, 1.807) is 10.9 Å². The van der Waals surface area contributed by atoms with Gasteiger partial charge in [-0.2, -0.15) is 5.10 Å². The van der Waals surface area contributed by atoms with Crippen molar-refractivity contribution >= 4 is 6.03 Å². The number of rotatable bonds is 3. The van der Waals surface area contributed by atoms with Crippen molar-refractivity contribution in [3.05, 3.63) is 18.0 Å². The van der Waals surface area contributed by atoms with Crippen LogP contribution < -0.4 is 5.32 Å². The van der Waals surface area contributed by atoms with Crippen LogP contribution in [-0.2, 0) is 13.6 Å². The number of nitrogens with zero attached hydrogens (tertiary/aromatic N) is 4. The van der Waals surface area contributed by atoms with Crippen LogP contribution in [0.3, 0.4) is 0 Å². The standard InChI is InChI=1S/C17H27N5O/c1-20-12-14(11-19-20)10-18-17(23)22-6-4-21(5-7-22)16-9-13-2-3-15(16)8-13/h11-13,15-16H,2-10H2,1H3,(H,18,23)/t13-,15+,16+/m0/s1. The lowest BCUT2D eigenvalue weighted by atomic mass is 9.93. The Balaban J connectivity index is 1.23. The SMILES string of the molecule is Cn1cc(CNC(=O)N2CCN([C@@H]3C[C@H]4CC[C@@H]3C4)CC2)cn1. The molecule has 0 radical (unpaired) electrons. The molecule has 6 heteroatoms. The number of aryl methyl sites for hydroxylation is 1. The lowest BCUT2D eigenvalue weighted by Crippen LogP contribution is -2.55. The summed E-state index contributed by atoms with van der Waals surface area (Å²) < 4.78 is 1.76. The van der Waals surface area contributed by atoms with E-state index in [1.807, 2.05) is 18.1 Å². The lowest BCUT2D eigenvalue weighted by molar-refractivity contribution is 0.0826. The Morgan fingerprint density at radius 3 is 2.70 bits per heavy atom. The smallest absolute Gasteiger partial charge is 0.317 e. The summed E-state index contributed by atoms with van der Waals surface area (Å²) in [6.45, 7) is 4.33. The van der Waals surface area contributed by atoms with Crippen molar-refractivity contribution in [3.63, 3.8) is 0 Å². The molecule has 1 N–H and O–H groups in total. The van der Waals surface area contributed by atoms with E-state index < -0.39 is 0 Å². The number of hydrogen-bond acceptors (Lipinski definition) is 3. The van der Waals surface area contributed by atoms with E-state index in [1.165, 1.54) is 25.7 Å². The zero-order valence-corrected chi connectivity index (χ0v) is 13.9. The van der Waals surface area contributed by atoms with Gasteiger partial charge in [-0.15, -0.1) is 0 Å². The number of nitrogens with one attached hydrogen (secondary N) is 1. The molecule has 2 aliphatic carbocycles. The molecule has 0 unspecified atom stereocenters. The average molecular weight is 317 g/mol. The van der Waals surface area contributed by atoms with Crippen molar-refractivity contribution in [1.29, 1.82) is 0 Å². The third-order valence-corrected chi connectivity index (χ3v) is 5.97. The fraction of sp³-hybridized carbons (Fsp3) is 0.765. The van der Waals surface area contributed by atoms with Gasteiger partial charge in [0.2, 0.25) is 0 Å². The van der Waals surface area contributed by atoms with Crippen LogP contribution in [0.4, 0.5) is 4.79 Å². The average Bonchev–Trinajstić information content (AvgIpc) is 3.29. The summed E-state index contributed by atoms with van der Waals surface area (Å²) in [4.78, 5) is 16.9. The van der Waals surface area contributed by atoms with E-state index in [9.17, 15) is 4.79 Å². The highest BCUT2D eigenvalue weighted by molar-refractivity contribution is 5.74. The maximum absolute atomic E-state index is 12.3. The number of carbonyl (C=O) groups is 1. The zero-order valence-electron chi connectivity index (χ0n) is 13.9. The van der Waals surface area contributed by atoms with Gasteiger partial charge in [0.15, 0.2) is 0 Å². The molecule has 4 rings (SSSR count). The second-order valence-electron chi connectivity index (χ2n) is 7.45. The molecule has 0 spiro atoms. The maximum Gasteiger partial charge on any atom is 0.317 e. The minimum absolute atomic E-state index is 0.0569. The molecule has 1 aromatic heterocycles. The number of fused-ring (bicyclic) bond motifs is 2. The van der Waals surface area contributed by atoms with Crippen molar-refractivity contribution in [1.82, 2.24) is 24.9 Å². The van der Waals surface area contributed by atoms with E-state index >= 15 is 0 Å². The minimum atomic E-state index is 0.0569. The van der Waals surface area contributed by atoms with Crippen LogP contribution in [-0.4, -0.2) is 57.8 Å². The fourth-order valence-corrected chi connectivity index (χ4v) is 4.77. The molecule has 2 saturated carbocycles. The molecule has 23 heavy (non-hydrogen) atoms. The van der Waals surface area contributed by atoms with Gasteiger partial charge in [0, 0.05) is 57.6 Å². The molecule has 3 aliphatic rings. The number of amides is 2. The van der Waals surface area contributed by atoms with Crippen molar-refractivity contribution < 1.29 is 4.79 Å². The van der Waals surface area contributed by atoms with Crippen LogP contribution in [0.1, 0.15) is 31.2 Å². The molecule has 1 aromatic rings. The number of aromatic nitrogens is 2. The maximum atomic E-state index is 12.3. The number of piperazine rings is 1. The summed E-state index contributed by atoms with van der Waals surface area (Å²) in [5.41, 5.74) is 1.04. The van der Waals surface area contributed by atoms with Gasteiger partial charge in [-0.3, -0.25) is 9.58 Å². The first-order chi connectivity index (χ1) is 11.2. The Bertz CT molecular complexity index is 563. The van der Waals surface area contributed by atoms with Crippen LogP contribution in [0.25, 0.3) is 0 Å². The highest BCUT2D eigenvalue weighted by Crippen LogP contribution is 2.46. The third kappa shape index (κ3) is 3.09. The summed E-state index contributed by atoms with van der Waals surface area (Å²) in [5.74, 6) is 1.93. The highest BCUT2D eigenvalue weighted by Gasteiger charge is 2.42. The Morgan fingerprint density at radius 2 is 2.09 bits per heavy atom. The van der Waals surface area contributed by atoms with Gasteiger partial charge in [0.05, 0.1) is 6.20 Å². The first-order valence-corrected chi connectivity index (χ1v) is 8.93. The van der Waals surface area contributed by atoms with Crippen molar-refractivity contribution in [2.24, 2.45) is 18.9 Å². The topological polar surface area (TPSA) is 53.4 Å². The van der Waals surface area contributed by atoms with Crippen molar-refractivity contribution in [2.75, 3.05) is 26.2 Å². The normalized spacial score (nSPS) is 30.8. The third-order valence-electron chi connectivity index (χ3n) is 5.97. The molecule has 1 aliphatic heterocycles. The van der Waals surface area contributed by atoms with Gasteiger partial charge in [0.25, 0.3) is 0 Å². The van der Waals surface area contributed by atoms with Crippen LogP contribution in [0.15, 0.2) is 12.4 Å². The quantitative estimate of drug-likeness (QED) is 0.918. The van der Waals surface area contributed by atoms with Gasteiger partial charge >= 0.3 is 6.03 Å². The van der Waals surface area contributed by atoms with E-state index in [0.717, 1.165) is 49.6 Å². The van der Waals surface area contributed by atoms with Gasteiger partial charge in [-0.25, -0.2) is 4.79 Å². The number of hydrogen-bond donors (Lipinski definition) is 1. The van der Waals surface area contributed by atoms with Crippen LogP contribution >= 0.6 is 0 Å². The first-order valence-electron chi connectivity index (χ1n) is 8.93. The summed E-state index contributed by atoms with van der Waals surface area (Å²) in [5, 5.41) is 7.13. The van der Waals surface area contributed by atoms with Crippen LogP contribution in [0, 0.1) is 11.8 Å². The van der Waals surface area contributed by atoms with Gasteiger partial charge in [-0.1, -0.05) is 6.42 Å². The summed E-state index contributed by atoms with van der Waals surface area (Å²) in [7, 11) is 1.89. The second-order valence-corrected chi connectivity index (χ2v) is 7.45. The molecule has 2 bridgehead atoms. The molecule has 2 heterocycles. The minimum Gasteiger partial charge on any atom is -0.334 e. The Morgan fingerprint density at radius 1 is 1.26 bits per heavy atom. The Labute approximate surface area is 137 Å². The van der Waals surface area contributed by atoms with E-state index in [2.05, 4.69) is 15.3 Å². The molecule has 0 aromatic carbocycles. The van der Waals surface area contributed by atoms with Crippen LogP contribution in [0.5, 0.6) is 0 Å². The van der Waals surface area contributed by atoms with E-state index in [4.69, 9.17) is 0 Å². The zero-order chi connectivity index (χ0) is 15.8.